The second kappa shape index (κ2) is 7.27. The Morgan fingerprint density at radius 1 is 0.952 bits per heavy atom. The second-order valence-corrected chi connectivity index (χ2v) is 5.87. The van der Waals surface area contributed by atoms with Crippen molar-refractivity contribution < 1.29 is 13.2 Å². The van der Waals surface area contributed by atoms with E-state index < -0.39 is 11.7 Å². The van der Waals surface area contributed by atoms with Gasteiger partial charge in [-0.25, -0.2) is 0 Å². The SMILES string of the molecule is NNC(c1ccc(C(F)(F)F)cc1)C1CCCCCCC1. The molecule has 0 aliphatic heterocycles. The summed E-state index contributed by atoms with van der Waals surface area (Å²) in [4.78, 5) is 0. The summed E-state index contributed by atoms with van der Waals surface area (Å²) in [5.41, 5.74) is 3.05. The van der Waals surface area contributed by atoms with Crippen molar-refractivity contribution in [1.82, 2.24) is 5.43 Å². The number of nitrogens with two attached hydrogens (primary N) is 1. The smallest absolute Gasteiger partial charge is 0.271 e. The molecule has 0 radical (unpaired) electrons. The van der Waals surface area contributed by atoms with Crippen molar-refractivity contribution in [3.05, 3.63) is 35.4 Å². The van der Waals surface area contributed by atoms with Gasteiger partial charge in [0.2, 0.25) is 0 Å². The molecule has 1 aliphatic rings. The van der Waals surface area contributed by atoms with Crippen molar-refractivity contribution in [2.45, 2.75) is 57.2 Å². The van der Waals surface area contributed by atoms with Gasteiger partial charge in [0.05, 0.1) is 5.56 Å². The lowest BCUT2D eigenvalue weighted by atomic mass is 9.83. The molecule has 0 spiro atoms. The lowest BCUT2D eigenvalue weighted by Gasteiger charge is -2.28. The lowest BCUT2D eigenvalue weighted by molar-refractivity contribution is -0.137. The monoisotopic (exact) mass is 300 g/mol. The van der Waals surface area contributed by atoms with Gasteiger partial charge in [-0.15, -0.1) is 0 Å². The minimum Gasteiger partial charge on any atom is -0.271 e. The Labute approximate surface area is 123 Å². The van der Waals surface area contributed by atoms with Crippen LogP contribution in [0.5, 0.6) is 0 Å². The maximum Gasteiger partial charge on any atom is 0.416 e. The van der Waals surface area contributed by atoms with Crippen molar-refractivity contribution >= 4 is 0 Å². The average Bonchev–Trinajstić information content (AvgIpc) is 2.41. The van der Waals surface area contributed by atoms with Crippen LogP contribution in [0.25, 0.3) is 0 Å². The van der Waals surface area contributed by atoms with Gasteiger partial charge in [0.1, 0.15) is 0 Å². The van der Waals surface area contributed by atoms with Gasteiger partial charge in [0.25, 0.3) is 0 Å². The van der Waals surface area contributed by atoms with Gasteiger partial charge in [-0.2, -0.15) is 13.2 Å². The zero-order valence-corrected chi connectivity index (χ0v) is 12.1. The van der Waals surface area contributed by atoms with Crippen LogP contribution in [-0.4, -0.2) is 0 Å². The molecule has 3 N–H and O–H groups in total. The zero-order chi connectivity index (χ0) is 15.3. The van der Waals surface area contributed by atoms with Crippen LogP contribution in [0.15, 0.2) is 24.3 Å². The van der Waals surface area contributed by atoms with E-state index in [1.807, 2.05) is 0 Å². The average molecular weight is 300 g/mol. The Bertz CT molecular complexity index is 420. The Morgan fingerprint density at radius 3 is 1.95 bits per heavy atom. The Morgan fingerprint density at radius 2 is 1.48 bits per heavy atom. The van der Waals surface area contributed by atoms with E-state index in [0.29, 0.717) is 5.92 Å². The van der Waals surface area contributed by atoms with Crippen molar-refractivity contribution in [3.63, 3.8) is 0 Å². The summed E-state index contributed by atoms with van der Waals surface area (Å²) in [6.07, 6.45) is 3.97. The predicted octanol–water partition coefficient (Wildman–Crippen LogP) is 4.57. The summed E-state index contributed by atoms with van der Waals surface area (Å²) in [7, 11) is 0. The van der Waals surface area contributed by atoms with E-state index in [0.717, 1.165) is 30.5 Å². The molecular formula is C16H23F3N2. The highest BCUT2D eigenvalue weighted by molar-refractivity contribution is 5.27. The zero-order valence-electron chi connectivity index (χ0n) is 12.1. The standard InChI is InChI=1S/C16H23F3N2/c17-16(18,19)14-10-8-13(9-11-14)15(21-20)12-6-4-2-1-3-5-7-12/h8-12,15,21H,1-7,20H2. The Balaban J connectivity index is 2.12. The first kappa shape index (κ1) is 16.3. The molecule has 0 saturated heterocycles. The summed E-state index contributed by atoms with van der Waals surface area (Å²) < 4.78 is 37.8. The van der Waals surface area contributed by atoms with Gasteiger partial charge in [-0.3, -0.25) is 11.3 Å². The van der Waals surface area contributed by atoms with Crippen molar-refractivity contribution in [3.8, 4) is 0 Å². The Hall–Kier alpha value is -1.07. The molecule has 0 amide bonds. The van der Waals surface area contributed by atoms with Crippen molar-refractivity contribution in [1.29, 1.82) is 0 Å². The van der Waals surface area contributed by atoms with Gasteiger partial charge in [0, 0.05) is 6.04 Å². The molecule has 1 aliphatic carbocycles. The fraction of sp³-hybridized carbons (Fsp3) is 0.625. The van der Waals surface area contributed by atoms with E-state index in [1.165, 1.54) is 32.1 Å². The van der Waals surface area contributed by atoms with Crippen LogP contribution >= 0.6 is 0 Å². The quantitative estimate of drug-likeness (QED) is 0.634. The third-order valence-corrected chi connectivity index (χ3v) is 4.40. The molecule has 1 fully saturated rings. The second-order valence-electron chi connectivity index (χ2n) is 5.87. The van der Waals surface area contributed by atoms with Crippen LogP contribution in [0, 0.1) is 5.92 Å². The summed E-state index contributed by atoms with van der Waals surface area (Å²) in [6, 6.07) is 5.31. The fourth-order valence-electron chi connectivity index (χ4n) is 3.20. The first-order valence-corrected chi connectivity index (χ1v) is 7.65. The number of rotatable bonds is 3. The number of halogens is 3. The largest absolute Gasteiger partial charge is 0.416 e. The number of nitrogens with one attached hydrogen (secondary N) is 1. The molecule has 1 atom stereocenters. The molecule has 2 rings (SSSR count). The highest BCUT2D eigenvalue weighted by Gasteiger charge is 2.30. The first-order chi connectivity index (χ1) is 10.0. The Kier molecular flexibility index (Phi) is 5.65. The summed E-state index contributed by atoms with van der Waals surface area (Å²) in [6.45, 7) is 0. The van der Waals surface area contributed by atoms with Gasteiger partial charge < -0.3 is 0 Å². The summed E-state index contributed by atoms with van der Waals surface area (Å²) in [5, 5.41) is 0. The molecular weight excluding hydrogens is 277 g/mol. The lowest BCUT2D eigenvalue weighted by Crippen LogP contribution is -2.34. The summed E-state index contributed by atoms with van der Waals surface area (Å²) >= 11 is 0. The van der Waals surface area contributed by atoms with E-state index in [2.05, 4.69) is 5.43 Å². The van der Waals surface area contributed by atoms with Crippen LogP contribution in [0.4, 0.5) is 13.2 Å². The predicted molar refractivity (Wildman–Crippen MR) is 77.3 cm³/mol. The molecule has 5 heteroatoms. The van der Waals surface area contributed by atoms with E-state index in [4.69, 9.17) is 5.84 Å². The third-order valence-electron chi connectivity index (χ3n) is 4.40. The van der Waals surface area contributed by atoms with E-state index >= 15 is 0 Å². The number of hydrogen-bond donors (Lipinski definition) is 2. The molecule has 1 aromatic rings. The number of hydrazine groups is 1. The number of benzene rings is 1. The van der Waals surface area contributed by atoms with Crippen LogP contribution in [0.3, 0.4) is 0 Å². The molecule has 0 bridgehead atoms. The normalized spacial score (nSPS) is 19.8. The van der Waals surface area contributed by atoms with E-state index in [1.54, 1.807) is 12.1 Å². The van der Waals surface area contributed by atoms with Gasteiger partial charge in [-0.05, 0) is 36.5 Å². The maximum absolute atomic E-state index is 12.6. The fourth-order valence-corrected chi connectivity index (χ4v) is 3.20. The molecule has 21 heavy (non-hydrogen) atoms. The van der Waals surface area contributed by atoms with Crippen molar-refractivity contribution in [2.75, 3.05) is 0 Å². The number of hydrogen-bond acceptors (Lipinski definition) is 2. The van der Waals surface area contributed by atoms with E-state index in [-0.39, 0.29) is 6.04 Å². The summed E-state index contributed by atoms with van der Waals surface area (Å²) in [5.74, 6) is 6.07. The highest BCUT2D eigenvalue weighted by atomic mass is 19.4. The molecule has 0 heterocycles. The topological polar surface area (TPSA) is 38.0 Å². The third kappa shape index (κ3) is 4.45. The minimum absolute atomic E-state index is 0.0645. The maximum atomic E-state index is 12.6. The van der Waals surface area contributed by atoms with Crippen LogP contribution in [-0.2, 0) is 6.18 Å². The van der Waals surface area contributed by atoms with Crippen LogP contribution < -0.4 is 11.3 Å². The van der Waals surface area contributed by atoms with Gasteiger partial charge >= 0.3 is 6.18 Å². The van der Waals surface area contributed by atoms with Gasteiger partial charge in [-0.1, -0.05) is 44.2 Å². The van der Waals surface area contributed by atoms with Crippen LogP contribution in [0.1, 0.15) is 62.1 Å². The minimum atomic E-state index is -4.29. The molecule has 1 saturated carbocycles. The first-order valence-electron chi connectivity index (χ1n) is 7.65. The van der Waals surface area contributed by atoms with Crippen LogP contribution in [0.2, 0.25) is 0 Å². The number of alkyl halides is 3. The molecule has 2 nitrogen and oxygen atoms in total. The molecule has 1 aromatic carbocycles. The van der Waals surface area contributed by atoms with Crippen molar-refractivity contribution in [2.24, 2.45) is 11.8 Å². The molecule has 118 valence electrons. The molecule has 0 aromatic heterocycles. The van der Waals surface area contributed by atoms with E-state index in [9.17, 15) is 13.2 Å². The van der Waals surface area contributed by atoms with Gasteiger partial charge in [0.15, 0.2) is 0 Å². The highest BCUT2D eigenvalue weighted by Crippen LogP contribution is 2.34. The molecule has 1 unspecified atom stereocenters.